The van der Waals surface area contributed by atoms with Crippen molar-refractivity contribution in [3.8, 4) is 0 Å². The first-order valence-electron chi connectivity index (χ1n) is 6.26. The standard InChI is InChI=1S/C17H16BrF/c1-3-4-13-5-10-16(17(19)11-13)12(2)14-6-8-15(18)9-7-14/h3,5-12H,1,4H2,2H3. The van der Waals surface area contributed by atoms with Gasteiger partial charge in [-0.15, -0.1) is 6.58 Å². The predicted molar refractivity (Wildman–Crippen MR) is 82.0 cm³/mol. The van der Waals surface area contributed by atoms with Crippen LogP contribution in [0.5, 0.6) is 0 Å². The van der Waals surface area contributed by atoms with Gasteiger partial charge in [0.2, 0.25) is 0 Å². The Labute approximate surface area is 122 Å². The van der Waals surface area contributed by atoms with Gasteiger partial charge >= 0.3 is 0 Å². The second-order valence-corrected chi connectivity index (χ2v) is 5.54. The Morgan fingerprint density at radius 1 is 1.21 bits per heavy atom. The van der Waals surface area contributed by atoms with Crippen LogP contribution in [0.2, 0.25) is 0 Å². The van der Waals surface area contributed by atoms with Gasteiger partial charge in [0.1, 0.15) is 5.82 Å². The summed E-state index contributed by atoms with van der Waals surface area (Å²) in [5.41, 5.74) is 2.80. The third-order valence-electron chi connectivity index (χ3n) is 3.28. The number of halogens is 2. The molecule has 0 amide bonds. The zero-order valence-electron chi connectivity index (χ0n) is 10.9. The van der Waals surface area contributed by atoms with Gasteiger partial charge in [0.15, 0.2) is 0 Å². The van der Waals surface area contributed by atoms with Crippen LogP contribution >= 0.6 is 15.9 Å². The van der Waals surface area contributed by atoms with Crippen LogP contribution in [0.4, 0.5) is 4.39 Å². The normalized spacial score (nSPS) is 12.2. The van der Waals surface area contributed by atoms with Crippen molar-refractivity contribution >= 4 is 15.9 Å². The topological polar surface area (TPSA) is 0 Å². The molecule has 1 unspecified atom stereocenters. The van der Waals surface area contributed by atoms with E-state index in [1.54, 1.807) is 12.1 Å². The average molecular weight is 319 g/mol. The molecule has 0 saturated heterocycles. The lowest BCUT2D eigenvalue weighted by molar-refractivity contribution is 0.601. The quantitative estimate of drug-likeness (QED) is 0.656. The van der Waals surface area contributed by atoms with Gasteiger partial charge in [0.25, 0.3) is 0 Å². The summed E-state index contributed by atoms with van der Waals surface area (Å²) < 4.78 is 15.2. The van der Waals surface area contributed by atoms with E-state index in [1.165, 1.54) is 0 Å². The SMILES string of the molecule is C=CCc1ccc(C(C)c2ccc(Br)cc2)c(F)c1. The Hall–Kier alpha value is -1.41. The lowest BCUT2D eigenvalue weighted by atomic mass is 9.92. The van der Waals surface area contributed by atoms with Gasteiger partial charge in [-0.1, -0.05) is 53.2 Å². The van der Waals surface area contributed by atoms with Crippen LogP contribution in [0.3, 0.4) is 0 Å². The molecule has 98 valence electrons. The van der Waals surface area contributed by atoms with E-state index in [2.05, 4.69) is 22.5 Å². The molecule has 0 aliphatic carbocycles. The number of hydrogen-bond acceptors (Lipinski definition) is 0. The number of hydrogen-bond donors (Lipinski definition) is 0. The van der Waals surface area contributed by atoms with Crippen LogP contribution in [0.15, 0.2) is 59.6 Å². The summed E-state index contributed by atoms with van der Waals surface area (Å²) >= 11 is 3.41. The molecule has 2 aromatic rings. The van der Waals surface area contributed by atoms with Gasteiger partial charge in [0.05, 0.1) is 0 Å². The zero-order valence-corrected chi connectivity index (χ0v) is 12.5. The molecule has 0 aromatic heterocycles. The maximum Gasteiger partial charge on any atom is 0.127 e. The lowest BCUT2D eigenvalue weighted by Crippen LogP contribution is -2.00. The Morgan fingerprint density at radius 2 is 1.89 bits per heavy atom. The largest absolute Gasteiger partial charge is 0.207 e. The monoisotopic (exact) mass is 318 g/mol. The molecule has 1 atom stereocenters. The van der Waals surface area contributed by atoms with Crippen LogP contribution < -0.4 is 0 Å². The smallest absolute Gasteiger partial charge is 0.127 e. The summed E-state index contributed by atoms with van der Waals surface area (Å²) in [6, 6.07) is 13.5. The first kappa shape index (κ1) is 14.0. The molecule has 2 heteroatoms. The summed E-state index contributed by atoms with van der Waals surface area (Å²) in [5.74, 6) is -0.0966. The van der Waals surface area contributed by atoms with Crippen LogP contribution in [-0.4, -0.2) is 0 Å². The van der Waals surface area contributed by atoms with Gasteiger partial charge < -0.3 is 0 Å². The van der Waals surface area contributed by atoms with E-state index >= 15 is 0 Å². The van der Waals surface area contributed by atoms with Crippen LogP contribution in [-0.2, 0) is 6.42 Å². The molecular formula is C17H16BrF. The highest BCUT2D eigenvalue weighted by Crippen LogP contribution is 2.28. The molecule has 2 rings (SSSR count). The van der Waals surface area contributed by atoms with E-state index in [4.69, 9.17) is 0 Å². The molecule has 19 heavy (non-hydrogen) atoms. The van der Waals surface area contributed by atoms with Crippen LogP contribution in [0.1, 0.15) is 29.5 Å². The minimum Gasteiger partial charge on any atom is -0.207 e. The van der Waals surface area contributed by atoms with Crippen LogP contribution in [0.25, 0.3) is 0 Å². The minimum atomic E-state index is -0.144. The Morgan fingerprint density at radius 3 is 2.47 bits per heavy atom. The molecule has 0 aliphatic rings. The molecule has 0 radical (unpaired) electrons. The summed E-state index contributed by atoms with van der Waals surface area (Å²) in [5, 5.41) is 0. The number of rotatable bonds is 4. The van der Waals surface area contributed by atoms with Crippen molar-refractivity contribution in [2.45, 2.75) is 19.3 Å². The van der Waals surface area contributed by atoms with E-state index in [1.807, 2.05) is 43.3 Å². The van der Waals surface area contributed by atoms with E-state index < -0.39 is 0 Å². The Kier molecular flexibility index (Phi) is 4.54. The van der Waals surface area contributed by atoms with E-state index in [-0.39, 0.29) is 11.7 Å². The fourth-order valence-corrected chi connectivity index (χ4v) is 2.41. The third-order valence-corrected chi connectivity index (χ3v) is 3.81. The highest BCUT2D eigenvalue weighted by Gasteiger charge is 2.13. The van der Waals surface area contributed by atoms with Crippen molar-refractivity contribution in [1.29, 1.82) is 0 Å². The third kappa shape index (κ3) is 3.32. The molecule has 2 aromatic carbocycles. The number of allylic oxidation sites excluding steroid dienone is 1. The molecule has 0 heterocycles. The van der Waals surface area contributed by atoms with Gasteiger partial charge in [-0.25, -0.2) is 4.39 Å². The summed E-state index contributed by atoms with van der Waals surface area (Å²) in [6.07, 6.45) is 2.48. The van der Waals surface area contributed by atoms with Crippen molar-refractivity contribution in [1.82, 2.24) is 0 Å². The zero-order chi connectivity index (χ0) is 13.8. The second kappa shape index (κ2) is 6.16. The van der Waals surface area contributed by atoms with E-state index in [9.17, 15) is 4.39 Å². The van der Waals surface area contributed by atoms with Crippen molar-refractivity contribution < 1.29 is 4.39 Å². The molecule has 0 nitrogen and oxygen atoms in total. The summed E-state index contributed by atoms with van der Waals surface area (Å²) in [7, 11) is 0. The van der Waals surface area contributed by atoms with Crippen molar-refractivity contribution in [3.63, 3.8) is 0 Å². The lowest BCUT2D eigenvalue weighted by Gasteiger charge is -2.14. The molecule has 0 fully saturated rings. The predicted octanol–water partition coefficient (Wildman–Crippen LogP) is 5.47. The van der Waals surface area contributed by atoms with Gasteiger partial charge in [-0.05, 0) is 41.3 Å². The first-order valence-corrected chi connectivity index (χ1v) is 7.06. The van der Waals surface area contributed by atoms with Crippen molar-refractivity contribution in [2.75, 3.05) is 0 Å². The molecule has 0 saturated carbocycles. The molecular weight excluding hydrogens is 303 g/mol. The van der Waals surface area contributed by atoms with Crippen molar-refractivity contribution in [2.24, 2.45) is 0 Å². The van der Waals surface area contributed by atoms with E-state index in [0.29, 0.717) is 6.42 Å². The molecule has 0 bridgehead atoms. The molecule has 0 spiro atoms. The molecule has 0 aliphatic heterocycles. The second-order valence-electron chi connectivity index (χ2n) is 4.62. The fraction of sp³-hybridized carbons (Fsp3) is 0.176. The highest BCUT2D eigenvalue weighted by atomic mass is 79.9. The fourth-order valence-electron chi connectivity index (χ4n) is 2.15. The maximum absolute atomic E-state index is 14.1. The van der Waals surface area contributed by atoms with Gasteiger partial charge in [-0.3, -0.25) is 0 Å². The number of benzene rings is 2. The highest BCUT2D eigenvalue weighted by molar-refractivity contribution is 9.10. The van der Waals surface area contributed by atoms with E-state index in [0.717, 1.165) is 21.2 Å². The van der Waals surface area contributed by atoms with Gasteiger partial charge in [0, 0.05) is 10.4 Å². The maximum atomic E-state index is 14.1. The minimum absolute atomic E-state index is 0.0471. The Balaban J connectivity index is 2.30. The first-order chi connectivity index (χ1) is 9.11. The molecule has 0 N–H and O–H groups in total. The average Bonchev–Trinajstić information content (AvgIpc) is 2.39. The van der Waals surface area contributed by atoms with Crippen molar-refractivity contribution in [3.05, 3.63) is 82.1 Å². The van der Waals surface area contributed by atoms with Crippen LogP contribution in [0, 0.1) is 5.82 Å². The Bertz CT molecular complexity index is 572. The summed E-state index contributed by atoms with van der Waals surface area (Å²) in [6.45, 7) is 5.69. The van der Waals surface area contributed by atoms with Gasteiger partial charge in [-0.2, -0.15) is 0 Å². The summed E-state index contributed by atoms with van der Waals surface area (Å²) in [4.78, 5) is 0.